The van der Waals surface area contributed by atoms with Gasteiger partial charge >= 0.3 is 6.72 Å². The lowest BCUT2D eigenvalue weighted by Gasteiger charge is -2.44. The molecule has 4 heterocycles. The number of nitrogens with zero attached hydrogens (tertiary/aromatic N) is 4. The molecular formula is C31H47F3N5O6PSSi2. The molecule has 2 fully saturated rings. The van der Waals surface area contributed by atoms with Gasteiger partial charge in [-0.2, -0.15) is 0 Å². The molecule has 5 rings (SSSR count). The third kappa shape index (κ3) is 7.86. The number of aromatic nitrogens is 4. The van der Waals surface area contributed by atoms with Gasteiger partial charge in [-0.1, -0.05) is 41.5 Å². The van der Waals surface area contributed by atoms with Crippen molar-refractivity contribution < 1.29 is 40.3 Å². The van der Waals surface area contributed by atoms with Gasteiger partial charge in [0.15, 0.2) is 46.0 Å². The van der Waals surface area contributed by atoms with Gasteiger partial charge in [0.05, 0.1) is 25.6 Å². The summed E-state index contributed by atoms with van der Waals surface area (Å²) in [5.41, 5.74) is 6.87. The number of nitrogen functional groups attached to an aromatic ring is 1. The Bertz CT molecular complexity index is 1740. The first-order chi connectivity index (χ1) is 22.5. The van der Waals surface area contributed by atoms with Crippen LogP contribution in [0.4, 0.5) is 19.0 Å². The molecule has 2 N–H and O–H groups in total. The average molecular weight is 762 g/mol. The molecule has 0 radical (unpaired) electrons. The second kappa shape index (κ2) is 13.6. The lowest BCUT2D eigenvalue weighted by molar-refractivity contribution is -0.0515. The van der Waals surface area contributed by atoms with Gasteiger partial charge in [-0.15, -0.1) is 0 Å². The fourth-order valence-corrected chi connectivity index (χ4v) is 9.87. The Morgan fingerprint density at radius 2 is 1.55 bits per heavy atom. The summed E-state index contributed by atoms with van der Waals surface area (Å²) in [6.45, 7) is 18.0. The number of anilines is 1. The fourth-order valence-electron chi connectivity index (χ4n) is 5.16. The third-order valence-electron chi connectivity index (χ3n) is 10.1. The van der Waals surface area contributed by atoms with E-state index < -0.39 is 71.4 Å². The van der Waals surface area contributed by atoms with Gasteiger partial charge in [0.2, 0.25) is 0 Å². The van der Waals surface area contributed by atoms with Crippen molar-refractivity contribution in [1.82, 2.24) is 19.5 Å². The van der Waals surface area contributed by atoms with Crippen molar-refractivity contribution in [1.29, 1.82) is 0 Å². The molecule has 2 saturated heterocycles. The second-order valence-electron chi connectivity index (χ2n) is 15.6. The molecule has 2 aliphatic heterocycles. The molecule has 272 valence electrons. The lowest BCUT2D eigenvalue weighted by Crippen LogP contribution is -2.54. The van der Waals surface area contributed by atoms with Gasteiger partial charge < -0.3 is 32.9 Å². The van der Waals surface area contributed by atoms with Crippen LogP contribution in [0.15, 0.2) is 24.8 Å². The number of imidazole rings is 1. The average Bonchev–Trinajstić information content (AvgIpc) is 3.54. The number of rotatable bonds is 9. The molecule has 3 aromatic rings. The number of fused-ring (bicyclic) bond motifs is 1. The highest BCUT2D eigenvalue weighted by atomic mass is 32.5. The summed E-state index contributed by atoms with van der Waals surface area (Å²) in [4.78, 5) is 13.0. The summed E-state index contributed by atoms with van der Waals surface area (Å²) in [5, 5.41) is -0.313. The molecule has 1 aromatic carbocycles. The van der Waals surface area contributed by atoms with Crippen molar-refractivity contribution in [2.75, 3.05) is 18.9 Å². The SMILES string of the molecule is CC(C)(C)[Si](C)(C)O[C@@H]1[C@H](O[Si](C)(C)C(C)(C)C)[C@@H](COP2(=S)OCCC(c3cc(F)c(F)cc3F)O2)O[C@H]1n1cnc2c(N)ncnc21. The van der Waals surface area contributed by atoms with Gasteiger partial charge in [0, 0.05) is 18.1 Å². The standard InChI is InChI=1S/C31H47F3N5O6PSSi2/c1-30(2,3)48(7,8)44-25-23(15-41-46(47)40-12-11-22(43-46)18-13-20(33)21(34)14-19(18)32)42-29(26(25)45-49(9,10)31(4,5)6)39-17-38-24-27(35)36-16-37-28(24)39/h13-14,16-17,22-23,25-26,29H,11-12,15H2,1-10H3,(H2,35,36,37)/t22?,23-,25-,26-,29-,46?/m1/s1. The summed E-state index contributed by atoms with van der Waals surface area (Å²) in [7, 11) is -4.93. The number of nitrogens with two attached hydrogens (primary N) is 1. The maximum Gasteiger partial charge on any atom is 0.327 e. The van der Waals surface area contributed by atoms with E-state index in [9.17, 15) is 13.2 Å². The van der Waals surface area contributed by atoms with Crippen molar-refractivity contribution in [3.63, 3.8) is 0 Å². The number of hydrogen-bond donors (Lipinski definition) is 1. The molecule has 2 aliphatic rings. The molecule has 0 spiro atoms. The number of hydrogen-bond acceptors (Lipinski definition) is 11. The second-order valence-corrected chi connectivity index (χ2v) is 28.1. The Morgan fingerprint density at radius 1 is 0.939 bits per heavy atom. The normalized spacial score (nSPS) is 27.2. The van der Waals surface area contributed by atoms with E-state index in [-0.39, 0.29) is 41.1 Å². The van der Waals surface area contributed by atoms with Gasteiger partial charge in [-0.3, -0.25) is 4.57 Å². The highest BCUT2D eigenvalue weighted by Gasteiger charge is 2.55. The van der Waals surface area contributed by atoms with Crippen molar-refractivity contribution in [3.8, 4) is 0 Å². The number of ether oxygens (including phenoxy) is 1. The van der Waals surface area contributed by atoms with Crippen LogP contribution >= 0.6 is 6.72 Å². The summed E-state index contributed by atoms with van der Waals surface area (Å²) in [5.74, 6) is -3.20. The zero-order valence-electron chi connectivity index (χ0n) is 29.6. The summed E-state index contributed by atoms with van der Waals surface area (Å²) < 4.78 is 83.4. The smallest absolute Gasteiger partial charge is 0.327 e. The Kier molecular flexibility index (Phi) is 10.7. The van der Waals surface area contributed by atoms with Crippen LogP contribution in [-0.2, 0) is 39.0 Å². The van der Waals surface area contributed by atoms with Gasteiger partial charge in [0.1, 0.15) is 36.0 Å². The highest BCUT2D eigenvalue weighted by Crippen LogP contribution is 2.58. The lowest BCUT2D eigenvalue weighted by atomic mass is 10.1. The van der Waals surface area contributed by atoms with Crippen LogP contribution in [-0.4, -0.2) is 67.7 Å². The maximum atomic E-state index is 14.7. The Hall–Kier alpha value is -1.80. The molecule has 11 nitrogen and oxygen atoms in total. The van der Waals surface area contributed by atoms with Crippen molar-refractivity contribution in [3.05, 3.63) is 47.8 Å². The minimum atomic E-state index is -3.52. The minimum Gasteiger partial charge on any atom is -0.408 e. The van der Waals surface area contributed by atoms with Crippen LogP contribution in [0.2, 0.25) is 36.3 Å². The van der Waals surface area contributed by atoms with Gasteiger partial charge in [0.25, 0.3) is 0 Å². The Labute approximate surface area is 292 Å². The quantitative estimate of drug-likeness (QED) is 0.130. The zero-order chi connectivity index (χ0) is 36.3. The topological polar surface area (TPSA) is 125 Å². The van der Waals surface area contributed by atoms with Crippen molar-refractivity contribution in [2.45, 2.75) is 115 Å². The van der Waals surface area contributed by atoms with Crippen LogP contribution in [0.5, 0.6) is 0 Å². The molecule has 0 saturated carbocycles. The Balaban J connectivity index is 1.51. The largest absolute Gasteiger partial charge is 0.408 e. The predicted molar refractivity (Wildman–Crippen MR) is 189 cm³/mol. The Morgan fingerprint density at radius 3 is 2.18 bits per heavy atom. The van der Waals surface area contributed by atoms with E-state index in [4.69, 9.17) is 44.7 Å². The van der Waals surface area contributed by atoms with E-state index in [0.29, 0.717) is 17.2 Å². The number of halogens is 3. The van der Waals surface area contributed by atoms with Crippen LogP contribution < -0.4 is 5.73 Å². The first-order valence-corrected chi connectivity index (χ1v) is 24.6. The molecule has 6 atom stereocenters. The fraction of sp³-hybridized carbons (Fsp3) is 0.645. The van der Waals surface area contributed by atoms with Gasteiger partial charge in [-0.25, -0.2) is 28.1 Å². The van der Waals surface area contributed by atoms with E-state index >= 15 is 0 Å². The molecule has 0 aliphatic carbocycles. The van der Waals surface area contributed by atoms with E-state index in [1.807, 2.05) is 0 Å². The van der Waals surface area contributed by atoms with Crippen LogP contribution in [0.3, 0.4) is 0 Å². The minimum absolute atomic E-state index is 0.0672. The molecule has 49 heavy (non-hydrogen) atoms. The summed E-state index contributed by atoms with van der Waals surface area (Å²) in [6, 6.07) is 1.27. The first-order valence-electron chi connectivity index (χ1n) is 16.2. The van der Waals surface area contributed by atoms with Gasteiger partial charge in [-0.05, 0) is 54.1 Å². The predicted octanol–water partition coefficient (Wildman–Crippen LogP) is 7.92. The van der Waals surface area contributed by atoms with E-state index in [2.05, 4.69) is 82.7 Å². The molecule has 18 heteroatoms. The van der Waals surface area contributed by atoms with Crippen LogP contribution in [0, 0.1) is 17.5 Å². The monoisotopic (exact) mass is 761 g/mol. The summed E-state index contributed by atoms with van der Waals surface area (Å²) in [6.07, 6.45) is -0.616. The van der Waals surface area contributed by atoms with Crippen LogP contribution in [0.1, 0.15) is 65.9 Å². The molecule has 0 amide bonds. The molecular weight excluding hydrogens is 715 g/mol. The van der Waals surface area contributed by atoms with Crippen molar-refractivity contribution >= 4 is 52.1 Å². The first kappa shape index (κ1) is 38.4. The highest BCUT2D eigenvalue weighted by molar-refractivity contribution is 8.07. The van der Waals surface area contributed by atoms with E-state index in [0.717, 1.165) is 6.07 Å². The molecule has 2 aromatic heterocycles. The summed E-state index contributed by atoms with van der Waals surface area (Å²) >= 11 is 5.72. The zero-order valence-corrected chi connectivity index (χ0v) is 33.3. The van der Waals surface area contributed by atoms with E-state index in [1.165, 1.54) is 6.33 Å². The molecule has 0 bridgehead atoms. The maximum absolute atomic E-state index is 14.7. The van der Waals surface area contributed by atoms with E-state index in [1.54, 1.807) is 10.9 Å². The third-order valence-corrected chi connectivity index (χ3v) is 21.4. The van der Waals surface area contributed by atoms with Crippen molar-refractivity contribution in [2.24, 2.45) is 0 Å². The van der Waals surface area contributed by atoms with Crippen LogP contribution in [0.25, 0.3) is 11.2 Å². The molecule has 2 unspecified atom stereocenters. The number of benzene rings is 1.